The van der Waals surface area contributed by atoms with Gasteiger partial charge < -0.3 is 9.84 Å². The summed E-state index contributed by atoms with van der Waals surface area (Å²) >= 11 is 0. The molecule has 1 heterocycles. The first-order chi connectivity index (χ1) is 5.41. The zero-order chi connectivity index (χ0) is 9.35. The lowest BCUT2D eigenvalue weighted by Gasteiger charge is -2.25. The van der Waals surface area contributed by atoms with E-state index in [1.807, 2.05) is 0 Å². The minimum absolute atomic E-state index is 0.0817. The van der Waals surface area contributed by atoms with Crippen molar-refractivity contribution in [3.8, 4) is 0 Å². The van der Waals surface area contributed by atoms with E-state index in [1.54, 1.807) is 19.9 Å². The average Bonchev–Trinajstić information content (AvgIpc) is 2.30. The molecule has 0 aromatic heterocycles. The summed E-state index contributed by atoms with van der Waals surface area (Å²) in [7, 11) is 0. The molecule has 0 radical (unpaired) electrons. The maximum atomic E-state index is 10.8. The molecule has 1 N–H and O–H groups in total. The standard InChI is InChI=1S/C9H14O3/c1-6(10)7-4-5-8(12-7)9(2,3)11/h4,8,11H,5H2,1-3H3. The van der Waals surface area contributed by atoms with Gasteiger partial charge in [0.1, 0.15) is 6.10 Å². The molecule has 0 aliphatic carbocycles. The third-order valence-corrected chi connectivity index (χ3v) is 1.92. The summed E-state index contributed by atoms with van der Waals surface area (Å²) in [6.07, 6.45) is 2.06. The van der Waals surface area contributed by atoms with Crippen LogP contribution in [0.4, 0.5) is 0 Å². The fraction of sp³-hybridized carbons (Fsp3) is 0.667. The second-order valence-electron chi connectivity index (χ2n) is 3.62. The SMILES string of the molecule is CC(=O)C1=CCC(C(C)(C)O)O1. The summed E-state index contributed by atoms with van der Waals surface area (Å²) in [5, 5.41) is 9.55. The Kier molecular flexibility index (Phi) is 2.24. The van der Waals surface area contributed by atoms with Gasteiger partial charge >= 0.3 is 0 Å². The molecule has 0 saturated carbocycles. The number of Topliss-reactive ketones (excluding diaryl/α,β-unsaturated/α-hetero) is 1. The number of rotatable bonds is 2. The summed E-state index contributed by atoms with van der Waals surface area (Å²) < 4.78 is 5.25. The van der Waals surface area contributed by atoms with E-state index in [0.29, 0.717) is 12.2 Å². The number of hydrogen-bond acceptors (Lipinski definition) is 3. The van der Waals surface area contributed by atoms with Gasteiger partial charge in [0.2, 0.25) is 0 Å². The van der Waals surface area contributed by atoms with E-state index >= 15 is 0 Å². The molecule has 0 spiro atoms. The van der Waals surface area contributed by atoms with Crippen LogP contribution in [0.3, 0.4) is 0 Å². The molecule has 3 nitrogen and oxygen atoms in total. The number of ether oxygens (including phenoxy) is 1. The normalized spacial score (nSPS) is 23.3. The van der Waals surface area contributed by atoms with Crippen LogP contribution in [0.25, 0.3) is 0 Å². The molecular weight excluding hydrogens is 156 g/mol. The largest absolute Gasteiger partial charge is 0.484 e. The predicted octanol–water partition coefficient (Wildman–Crippen LogP) is 1.02. The smallest absolute Gasteiger partial charge is 0.193 e. The quantitative estimate of drug-likeness (QED) is 0.673. The molecule has 1 unspecified atom stereocenters. The van der Waals surface area contributed by atoms with Crippen LogP contribution in [-0.4, -0.2) is 22.6 Å². The molecule has 0 fully saturated rings. The lowest BCUT2D eigenvalue weighted by Crippen LogP contribution is -2.35. The Morgan fingerprint density at radius 1 is 1.75 bits per heavy atom. The topological polar surface area (TPSA) is 46.5 Å². The number of aliphatic hydroxyl groups is 1. The Hall–Kier alpha value is -0.830. The van der Waals surface area contributed by atoms with Gasteiger partial charge in [-0.25, -0.2) is 0 Å². The van der Waals surface area contributed by atoms with Crippen molar-refractivity contribution in [1.29, 1.82) is 0 Å². The first-order valence-corrected chi connectivity index (χ1v) is 4.01. The lowest BCUT2D eigenvalue weighted by molar-refractivity contribution is -0.119. The molecule has 12 heavy (non-hydrogen) atoms. The van der Waals surface area contributed by atoms with Gasteiger partial charge in [-0.1, -0.05) is 0 Å². The van der Waals surface area contributed by atoms with Crippen LogP contribution in [0.2, 0.25) is 0 Å². The van der Waals surface area contributed by atoms with Gasteiger partial charge in [-0.2, -0.15) is 0 Å². The predicted molar refractivity (Wildman–Crippen MR) is 44.6 cm³/mol. The van der Waals surface area contributed by atoms with Gasteiger partial charge in [-0.05, 0) is 19.9 Å². The average molecular weight is 170 g/mol. The van der Waals surface area contributed by atoms with E-state index in [4.69, 9.17) is 4.74 Å². The van der Waals surface area contributed by atoms with Crippen molar-refractivity contribution in [3.63, 3.8) is 0 Å². The maximum absolute atomic E-state index is 10.8. The molecule has 1 aliphatic rings. The first kappa shape index (κ1) is 9.26. The van der Waals surface area contributed by atoms with E-state index in [0.717, 1.165) is 0 Å². The van der Waals surface area contributed by atoms with Crippen molar-refractivity contribution in [1.82, 2.24) is 0 Å². The number of allylic oxidation sites excluding steroid dienone is 1. The summed E-state index contributed by atoms with van der Waals surface area (Å²) in [5.41, 5.74) is -0.881. The summed E-state index contributed by atoms with van der Waals surface area (Å²) in [5.74, 6) is 0.295. The molecule has 1 atom stereocenters. The third-order valence-electron chi connectivity index (χ3n) is 1.92. The molecule has 0 saturated heterocycles. The highest BCUT2D eigenvalue weighted by Gasteiger charge is 2.32. The number of carbonyl (C=O) groups is 1. The van der Waals surface area contributed by atoms with Crippen LogP contribution >= 0.6 is 0 Å². The highest BCUT2D eigenvalue weighted by Crippen LogP contribution is 2.25. The fourth-order valence-corrected chi connectivity index (χ4v) is 1.12. The van der Waals surface area contributed by atoms with Crippen molar-refractivity contribution in [2.75, 3.05) is 0 Å². The van der Waals surface area contributed by atoms with E-state index in [9.17, 15) is 9.90 Å². The van der Waals surface area contributed by atoms with Crippen LogP contribution in [0.15, 0.2) is 11.8 Å². The second-order valence-corrected chi connectivity index (χ2v) is 3.62. The van der Waals surface area contributed by atoms with Gasteiger partial charge in [-0.15, -0.1) is 0 Å². The van der Waals surface area contributed by atoms with Gasteiger partial charge in [0, 0.05) is 13.3 Å². The molecule has 0 aromatic carbocycles. The molecule has 1 rings (SSSR count). The van der Waals surface area contributed by atoms with Gasteiger partial charge in [0.05, 0.1) is 5.60 Å². The van der Waals surface area contributed by atoms with Crippen molar-refractivity contribution in [2.24, 2.45) is 0 Å². The Bertz CT molecular complexity index is 222. The lowest BCUT2D eigenvalue weighted by atomic mass is 10.0. The molecule has 1 aliphatic heterocycles. The zero-order valence-corrected chi connectivity index (χ0v) is 7.63. The van der Waals surface area contributed by atoms with E-state index < -0.39 is 5.60 Å². The Balaban J connectivity index is 2.59. The Morgan fingerprint density at radius 3 is 2.58 bits per heavy atom. The highest BCUT2D eigenvalue weighted by atomic mass is 16.5. The van der Waals surface area contributed by atoms with E-state index in [-0.39, 0.29) is 11.9 Å². The van der Waals surface area contributed by atoms with Gasteiger partial charge in [-0.3, -0.25) is 4.79 Å². The van der Waals surface area contributed by atoms with Gasteiger partial charge in [0.15, 0.2) is 11.5 Å². The van der Waals surface area contributed by atoms with E-state index in [1.165, 1.54) is 6.92 Å². The molecule has 68 valence electrons. The fourth-order valence-electron chi connectivity index (χ4n) is 1.12. The van der Waals surface area contributed by atoms with Crippen LogP contribution < -0.4 is 0 Å². The van der Waals surface area contributed by atoms with E-state index in [2.05, 4.69) is 0 Å². The minimum Gasteiger partial charge on any atom is -0.484 e. The Labute approximate surface area is 72.0 Å². The zero-order valence-electron chi connectivity index (χ0n) is 7.63. The molecule has 0 amide bonds. The van der Waals surface area contributed by atoms with Crippen molar-refractivity contribution < 1.29 is 14.6 Å². The monoisotopic (exact) mass is 170 g/mol. The minimum atomic E-state index is -0.881. The molecule has 0 aromatic rings. The number of carbonyl (C=O) groups excluding carboxylic acids is 1. The number of ketones is 1. The highest BCUT2D eigenvalue weighted by molar-refractivity contribution is 5.91. The molecule has 3 heteroatoms. The Morgan fingerprint density at radius 2 is 2.33 bits per heavy atom. The number of hydrogen-bond donors (Lipinski definition) is 1. The third kappa shape index (κ3) is 1.85. The summed E-state index contributed by atoms with van der Waals surface area (Å²) in [4.78, 5) is 10.8. The molecule has 0 bridgehead atoms. The van der Waals surface area contributed by atoms with Crippen LogP contribution in [-0.2, 0) is 9.53 Å². The first-order valence-electron chi connectivity index (χ1n) is 4.01. The summed E-state index contributed by atoms with van der Waals surface area (Å²) in [6.45, 7) is 4.81. The maximum Gasteiger partial charge on any atom is 0.193 e. The van der Waals surface area contributed by atoms with Crippen LogP contribution in [0.5, 0.6) is 0 Å². The second kappa shape index (κ2) is 2.90. The van der Waals surface area contributed by atoms with Crippen LogP contribution in [0.1, 0.15) is 27.2 Å². The van der Waals surface area contributed by atoms with Crippen molar-refractivity contribution in [3.05, 3.63) is 11.8 Å². The van der Waals surface area contributed by atoms with Gasteiger partial charge in [0.25, 0.3) is 0 Å². The van der Waals surface area contributed by atoms with Crippen molar-refractivity contribution in [2.45, 2.75) is 38.9 Å². The molecular formula is C9H14O3. The summed E-state index contributed by atoms with van der Waals surface area (Å²) in [6, 6.07) is 0. The van der Waals surface area contributed by atoms with Crippen molar-refractivity contribution >= 4 is 5.78 Å². The van der Waals surface area contributed by atoms with Crippen LogP contribution in [0, 0.1) is 0 Å².